The maximum Gasteiger partial charge on any atom is 0.191 e. The molecular formula is C20H29Cl2IN6. The van der Waals surface area contributed by atoms with Gasteiger partial charge in [-0.05, 0) is 36.6 Å². The monoisotopic (exact) mass is 550 g/mol. The molecule has 9 heteroatoms. The fourth-order valence-electron chi connectivity index (χ4n) is 3.38. The van der Waals surface area contributed by atoms with E-state index >= 15 is 0 Å². The number of guanidine groups is 1. The number of hydrogen-bond acceptors (Lipinski definition) is 3. The van der Waals surface area contributed by atoms with Crippen LogP contribution in [0.1, 0.15) is 36.9 Å². The fraction of sp³-hybridized carbons (Fsp3) is 0.500. The third-order valence-electron chi connectivity index (χ3n) is 5.08. The molecule has 3 heterocycles. The number of anilines is 1. The van der Waals surface area contributed by atoms with E-state index in [-0.39, 0.29) is 24.0 Å². The second-order valence-electron chi connectivity index (χ2n) is 7.04. The predicted octanol–water partition coefficient (Wildman–Crippen LogP) is 4.59. The van der Waals surface area contributed by atoms with Crippen LogP contribution in [0.4, 0.5) is 5.82 Å². The van der Waals surface area contributed by atoms with E-state index in [2.05, 4.69) is 31.6 Å². The van der Waals surface area contributed by atoms with Gasteiger partial charge in [-0.3, -0.25) is 4.99 Å². The van der Waals surface area contributed by atoms with E-state index in [4.69, 9.17) is 23.2 Å². The first kappa shape index (κ1) is 24.1. The van der Waals surface area contributed by atoms with Crippen LogP contribution in [0, 0.1) is 0 Å². The van der Waals surface area contributed by atoms with Crippen molar-refractivity contribution >= 4 is 59.0 Å². The summed E-state index contributed by atoms with van der Waals surface area (Å²) in [7, 11) is 3.65. The second-order valence-corrected chi connectivity index (χ2v) is 7.80. The summed E-state index contributed by atoms with van der Waals surface area (Å²) in [6.45, 7) is 3.44. The van der Waals surface area contributed by atoms with Crippen LogP contribution in [-0.4, -0.2) is 35.6 Å². The molecule has 160 valence electrons. The maximum atomic E-state index is 6.13. The summed E-state index contributed by atoms with van der Waals surface area (Å²) in [5.41, 5.74) is 2.17. The molecule has 0 aliphatic carbocycles. The third kappa shape index (κ3) is 6.65. The molecule has 0 unspecified atom stereocenters. The molecule has 2 N–H and O–H groups in total. The summed E-state index contributed by atoms with van der Waals surface area (Å²) in [6, 6.07) is 6.07. The van der Waals surface area contributed by atoms with E-state index in [1.807, 2.05) is 29.9 Å². The quantitative estimate of drug-likeness (QED) is 0.325. The first-order valence-electron chi connectivity index (χ1n) is 9.72. The van der Waals surface area contributed by atoms with Crippen molar-refractivity contribution in [3.63, 3.8) is 0 Å². The zero-order valence-corrected chi connectivity index (χ0v) is 20.8. The van der Waals surface area contributed by atoms with Gasteiger partial charge < -0.3 is 20.1 Å². The average molecular weight is 551 g/mol. The minimum absolute atomic E-state index is 0. The molecule has 1 aliphatic rings. The number of rotatable bonds is 5. The molecule has 3 rings (SSSR count). The first-order valence-corrected chi connectivity index (χ1v) is 10.5. The molecule has 1 saturated heterocycles. The Morgan fingerprint density at radius 3 is 2.41 bits per heavy atom. The summed E-state index contributed by atoms with van der Waals surface area (Å²) in [5, 5.41) is 7.75. The van der Waals surface area contributed by atoms with Crippen LogP contribution < -0.4 is 15.5 Å². The Kier molecular flexibility index (Phi) is 9.85. The highest BCUT2D eigenvalue weighted by molar-refractivity contribution is 14.0. The standard InChI is InChI=1S/C20H28Cl2N6.HI/c1-23-20(26-14-16-12-17(21)19(22)27(16)2)25-13-15-7-8-24-18(11-15)28-9-5-3-4-6-10-28;/h7-8,11-12H,3-6,9-10,13-14H2,1-2H3,(H2,23,25,26);1H. The Labute approximate surface area is 200 Å². The lowest BCUT2D eigenvalue weighted by Crippen LogP contribution is -2.36. The minimum Gasteiger partial charge on any atom is -0.357 e. The average Bonchev–Trinajstić information content (AvgIpc) is 2.92. The van der Waals surface area contributed by atoms with Crippen molar-refractivity contribution in [2.75, 3.05) is 25.0 Å². The van der Waals surface area contributed by atoms with Crippen molar-refractivity contribution in [2.45, 2.75) is 38.8 Å². The zero-order chi connectivity index (χ0) is 19.9. The molecule has 29 heavy (non-hydrogen) atoms. The largest absolute Gasteiger partial charge is 0.357 e. The van der Waals surface area contributed by atoms with Crippen LogP contribution in [0.2, 0.25) is 10.2 Å². The molecule has 6 nitrogen and oxygen atoms in total. The summed E-state index contributed by atoms with van der Waals surface area (Å²) >= 11 is 12.2. The Morgan fingerprint density at radius 1 is 1.10 bits per heavy atom. The molecule has 1 aliphatic heterocycles. The second kappa shape index (κ2) is 11.9. The molecule has 1 fully saturated rings. The highest BCUT2D eigenvalue weighted by Gasteiger charge is 2.12. The lowest BCUT2D eigenvalue weighted by molar-refractivity contribution is 0.726. The molecule has 0 bridgehead atoms. The van der Waals surface area contributed by atoms with Crippen molar-refractivity contribution in [2.24, 2.45) is 12.0 Å². The first-order chi connectivity index (χ1) is 13.6. The van der Waals surface area contributed by atoms with E-state index in [9.17, 15) is 0 Å². The highest BCUT2D eigenvalue weighted by atomic mass is 127. The number of hydrogen-bond donors (Lipinski definition) is 2. The Balaban J connectivity index is 0.00000300. The van der Waals surface area contributed by atoms with E-state index in [0.717, 1.165) is 30.6 Å². The van der Waals surface area contributed by atoms with Gasteiger partial charge in [0, 0.05) is 45.6 Å². The van der Waals surface area contributed by atoms with Crippen LogP contribution in [-0.2, 0) is 20.1 Å². The Bertz CT molecular complexity index is 815. The summed E-state index contributed by atoms with van der Waals surface area (Å²) in [6.07, 6.45) is 7.01. The summed E-state index contributed by atoms with van der Waals surface area (Å²) < 4.78 is 1.86. The van der Waals surface area contributed by atoms with E-state index < -0.39 is 0 Å². The minimum atomic E-state index is 0. The molecule has 2 aromatic rings. The van der Waals surface area contributed by atoms with Gasteiger partial charge in [0.15, 0.2) is 5.96 Å². The summed E-state index contributed by atoms with van der Waals surface area (Å²) in [4.78, 5) is 11.3. The van der Waals surface area contributed by atoms with E-state index in [1.165, 1.54) is 31.2 Å². The molecular weight excluding hydrogens is 522 g/mol. The number of aromatic nitrogens is 2. The zero-order valence-electron chi connectivity index (χ0n) is 16.9. The van der Waals surface area contributed by atoms with Crippen molar-refractivity contribution in [3.05, 3.63) is 45.8 Å². The normalized spacial score (nSPS) is 14.9. The van der Waals surface area contributed by atoms with Crippen molar-refractivity contribution < 1.29 is 0 Å². The lowest BCUT2D eigenvalue weighted by atomic mass is 10.2. The van der Waals surface area contributed by atoms with Crippen LogP contribution in [0.15, 0.2) is 29.4 Å². The molecule has 2 aromatic heterocycles. The molecule has 0 aromatic carbocycles. The highest BCUT2D eigenvalue weighted by Crippen LogP contribution is 2.25. The van der Waals surface area contributed by atoms with Crippen LogP contribution in [0.3, 0.4) is 0 Å². The van der Waals surface area contributed by atoms with Gasteiger partial charge in [0.05, 0.1) is 11.6 Å². The number of nitrogens with zero attached hydrogens (tertiary/aromatic N) is 4. The SMILES string of the molecule is CN=C(NCc1ccnc(N2CCCCCC2)c1)NCc1cc(Cl)c(Cl)n1C.I. The van der Waals surface area contributed by atoms with E-state index in [0.29, 0.717) is 23.3 Å². The van der Waals surface area contributed by atoms with Gasteiger partial charge in [-0.2, -0.15) is 0 Å². The molecule has 0 amide bonds. The predicted molar refractivity (Wildman–Crippen MR) is 133 cm³/mol. The van der Waals surface area contributed by atoms with Crippen molar-refractivity contribution in [3.8, 4) is 0 Å². The fourth-order valence-corrected chi connectivity index (χ4v) is 3.80. The van der Waals surface area contributed by atoms with Crippen LogP contribution in [0.25, 0.3) is 0 Å². The smallest absolute Gasteiger partial charge is 0.191 e. The van der Waals surface area contributed by atoms with Gasteiger partial charge in [-0.25, -0.2) is 4.98 Å². The Morgan fingerprint density at radius 2 is 1.79 bits per heavy atom. The topological polar surface area (TPSA) is 57.5 Å². The van der Waals surface area contributed by atoms with Crippen LogP contribution in [0.5, 0.6) is 0 Å². The lowest BCUT2D eigenvalue weighted by Gasteiger charge is -2.22. The van der Waals surface area contributed by atoms with Gasteiger partial charge in [0.2, 0.25) is 0 Å². The molecule has 0 spiro atoms. The number of pyridine rings is 1. The Hall–Kier alpha value is -1.19. The number of halogens is 3. The van der Waals surface area contributed by atoms with Gasteiger partial charge >= 0.3 is 0 Å². The maximum absolute atomic E-state index is 6.13. The number of aliphatic imine (C=N–C) groups is 1. The van der Waals surface area contributed by atoms with Gasteiger partial charge in [0.25, 0.3) is 0 Å². The molecule has 0 saturated carbocycles. The van der Waals surface area contributed by atoms with E-state index in [1.54, 1.807) is 7.05 Å². The summed E-state index contributed by atoms with van der Waals surface area (Å²) in [5.74, 6) is 1.79. The van der Waals surface area contributed by atoms with Crippen molar-refractivity contribution in [1.82, 2.24) is 20.2 Å². The number of nitrogens with one attached hydrogen (secondary N) is 2. The van der Waals surface area contributed by atoms with Gasteiger partial charge in [-0.15, -0.1) is 24.0 Å². The van der Waals surface area contributed by atoms with Crippen molar-refractivity contribution in [1.29, 1.82) is 0 Å². The van der Waals surface area contributed by atoms with Gasteiger partial charge in [0.1, 0.15) is 11.0 Å². The molecule has 0 radical (unpaired) electrons. The van der Waals surface area contributed by atoms with Crippen LogP contribution >= 0.6 is 47.2 Å². The third-order valence-corrected chi connectivity index (χ3v) is 5.92. The molecule has 0 atom stereocenters. The van der Waals surface area contributed by atoms with Gasteiger partial charge in [-0.1, -0.05) is 36.0 Å².